The Balaban J connectivity index is 0.000000476. The van der Waals surface area contributed by atoms with Crippen LogP contribution in [0, 0.1) is 6.92 Å². The van der Waals surface area contributed by atoms with Crippen molar-refractivity contribution in [2.75, 3.05) is 6.67 Å². The van der Waals surface area contributed by atoms with E-state index in [1.54, 1.807) is 35.8 Å². The van der Waals surface area contributed by atoms with Gasteiger partial charge in [-0.1, -0.05) is 74.0 Å². The molecule has 0 saturated heterocycles. The molecule has 3 aromatic heterocycles. The van der Waals surface area contributed by atoms with Crippen LogP contribution in [0.4, 0.5) is 4.39 Å². The average molecular weight is 732 g/mol. The monoisotopic (exact) mass is 731 g/mol. The first-order chi connectivity index (χ1) is 24.7. The van der Waals surface area contributed by atoms with E-state index in [0.717, 1.165) is 53.0 Å². The van der Waals surface area contributed by atoms with Crippen molar-refractivity contribution in [3.8, 4) is 34.0 Å². The van der Waals surface area contributed by atoms with Gasteiger partial charge in [-0.2, -0.15) is 0 Å². The molecule has 0 aliphatic rings. The van der Waals surface area contributed by atoms with E-state index in [1.165, 1.54) is 12.3 Å². The Bertz CT molecular complexity index is 2230. The molecule has 0 fully saturated rings. The van der Waals surface area contributed by atoms with E-state index in [-0.39, 0.29) is 62.5 Å². The summed E-state index contributed by atoms with van der Waals surface area (Å²) in [6.45, 7) is 7.02. The van der Waals surface area contributed by atoms with Crippen LogP contribution in [0.2, 0.25) is 0 Å². The van der Waals surface area contributed by atoms with E-state index in [1.807, 2.05) is 62.4 Å². The summed E-state index contributed by atoms with van der Waals surface area (Å²) in [7, 11) is 0. The number of H-pyrrole nitrogens is 2. The Morgan fingerprint density at radius 3 is 2.19 bits per heavy atom. The molecule has 11 nitrogen and oxygen atoms in total. The third kappa shape index (κ3) is 10.4. The second-order valence-electron chi connectivity index (χ2n) is 12.0. The zero-order chi connectivity index (χ0) is 36.3. The molecule has 0 amide bonds. The first-order valence-electron chi connectivity index (χ1n) is 16.9. The standard InChI is InChI=1S/C32H31FN4O4.C7H10N2O.K/c1-4-7-29-28(31(38)37(21(3)34-29)24-14-16-25(17-15-24)40-20(2)19-33)18-22-10-12-23(13-11-22)26-8-5-6-9-27(26)30-35-32(39)41-36-30;1-2-3-6-8-5-4-7(10)9-6;/h5-6,8-17,20H,4,7,18-19H2,1-3H3,(H,35,36,39);4-5H,2-3H2,1H3,(H,8,9,10);. The number of nitrogens with zero attached hydrogens (tertiary/aromatic N) is 4. The average Bonchev–Trinajstić information content (AvgIpc) is 3.57. The van der Waals surface area contributed by atoms with Crippen molar-refractivity contribution in [2.24, 2.45) is 0 Å². The van der Waals surface area contributed by atoms with Gasteiger partial charge in [0.25, 0.3) is 11.1 Å². The number of hydrogen-bond donors (Lipinski definition) is 2. The van der Waals surface area contributed by atoms with E-state index < -0.39 is 18.5 Å². The molecule has 1 radical (unpaired) electrons. The molecule has 0 aliphatic heterocycles. The maximum absolute atomic E-state index is 13.9. The van der Waals surface area contributed by atoms with Crippen molar-refractivity contribution in [1.29, 1.82) is 0 Å². The van der Waals surface area contributed by atoms with Gasteiger partial charge < -0.3 is 9.72 Å². The van der Waals surface area contributed by atoms with Gasteiger partial charge in [-0.15, -0.1) is 0 Å². The van der Waals surface area contributed by atoms with Crippen LogP contribution >= 0.6 is 0 Å². The van der Waals surface area contributed by atoms with E-state index in [2.05, 4.69) is 27.0 Å². The molecule has 6 rings (SSSR count). The SMILES string of the molecule is CCCc1nc(C)n(-c2ccc(OC(C)CF)cc2)c(=O)c1Cc1ccc(-c2ccccc2-c2noc(=O)[nH]2)cc1.CCCc1nccc(=O)[nH]1.[K]. The van der Waals surface area contributed by atoms with Crippen LogP contribution in [0.25, 0.3) is 28.2 Å². The molecule has 0 saturated carbocycles. The minimum atomic E-state index is -0.610. The maximum atomic E-state index is 13.9. The third-order valence-corrected chi connectivity index (χ3v) is 8.05. The van der Waals surface area contributed by atoms with Crippen molar-refractivity contribution in [1.82, 2.24) is 29.7 Å². The topological polar surface area (TPSA) is 149 Å². The fourth-order valence-electron chi connectivity index (χ4n) is 5.65. The molecule has 0 bridgehead atoms. The van der Waals surface area contributed by atoms with Gasteiger partial charge in [0.05, 0.1) is 11.4 Å². The predicted octanol–water partition coefficient (Wildman–Crippen LogP) is 6.17. The van der Waals surface area contributed by atoms with Crippen LogP contribution in [-0.2, 0) is 19.3 Å². The van der Waals surface area contributed by atoms with E-state index in [9.17, 15) is 18.8 Å². The molecular weight excluding hydrogens is 691 g/mol. The van der Waals surface area contributed by atoms with Crippen LogP contribution in [-0.4, -0.2) is 93.8 Å². The van der Waals surface area contributed by atoms with Gasteiger partial charge in [0.1, 0.15) is 30.2 Å². The van der Waals surface area contributed by atoms with Crippen LogP contribution in [0.5, 0.6) is 5.75 Å². The smallest absolute Gasteiger partial charge is 0.439 e. The summed E-state index contributed by atoms with van der Waals surface area (Å²) in [6.07, 6.45) is 4.82. The maximum Gasteiger partial charge on any atom is 0.439 e. The molecule has 3 heterocycles. The molecule has 0 aliphatic carbocycles. The molecule has 13 heteroatoms. The second-order valence-corrected chi connectivity index (χ2v) is 12.0. The second kappa shape index (κ2) is 19.5. The molecule has 3 aromatic carbocycles. The quantitative estimate of drug-likeness (QED) is 0.142. The Kier molecular flexibility index (Phi) is 15.2. The first kappa shape index (κ1) is 40.5. The van der Waals surface area contributed by atoms with Crippen LogP contribution in [0.3, 0.4) is 0 Å². The molecule has 2 N–H and O–H groups in total. The summed E-state index contributed by atoms with van der Waals surface area (Å²) in [5.41, 5.74) is 5.48. The van der Waals surface area contributed by atoms with Crippen molar-refractivity contribution < 1.29 is 13.7 Å². The summed E-state index contributed by atoms with van der Waals surface area (Å²) in [5, 5.41) is 3.83. The minimum absolute atomic E-state index is 0. The molecule has 52 heavy (non-hydrogen) atoms. The van der Waals surface area contributed by atoms with Crippen molar-refractivity contribution in [3.05, 3.63) is 145 Å². The summed E-state index contributed by atoms with van der Waals surface area (Å²) in [4.78, 5) is 50.1. The first-order valence-corrected chi connectivity index (χ1v) is 16.9. The molecule has 1 atom stereocenters. The zero-order valence-electron chi connectivity index (χ0n) is 30.1. The summed E-state index contributed by atoms with van der Waals surface area (Å²) in [5.74, 6) is 1.67. The van der Waals surface area contributed by atoms with E-state index >= 15 is 0 Å². The number of aromatic amines is 2. The van der Waals surface area contributed by atoms with Gasteiger partial charge >= 0.3 is 5.76 Å². The van der Waals surface area contributed by atoms with E-state index in [0.29, 0.717) is 41.5 Å². The Morgan fingerprint density at radius 2 is 1.58 bits per heavy atom. The number of halogens is 1. The summed E-state index contributed by atoms with van der Waals surface area (Å²) in [6, 6.07) is 24.0. The minimum Gasteiger partial charge on any atom is -0.488 e. The Hall–Kier alpha value is -4.27. The number of aryl methyl sites for hydroxylation is 3. The van der Waals surface area contributed by atoms with Crippen LogP contribution in [0.1, 0.15) is 62.1 Å². The third-order valence-electron chi connectivity index (χ3n) is 8.05. The number of aromatic nitrogens is 6. The molecular formula is C39H41FKN6O5. The largest absolute Gasteiger partial charge is 0.488 e. The van der Waals surface area contributed by atoms with Gasteiger partial charge in [-0.3, -0.25) is 23.7 Å². The Morgan fingerprint density at radius 1 is 0.885 bits per heavy atom. The zero-order valence-corrected chi connectivity index (χ0v) is 33.2. The van der Waals surface area contributed by atoms with Gasteiger partial charge in [0.2, 0.25) is 0 Å². The molecule has 1 unspecified atom stereocenters. The summed E-state index contributed by atoms with van der Waals surface area (Å²) < 4.78 is 24.7. The van der Waals surface area contributed by atoms with Gasteiger partial charge in [0.15, 0.2) is 5.82 Å². The van der Waals surface area contributed by atoms with Crippen LogP contribution in [0.15, 0.2) is 104 Å². The predicted molar refractivity (Wildman–Crippen MR) is 200 cm³/mol. The van der Waals surface area contributed by atoms with Crippen molar-refractivity contribution in [2.45, 2.75) is 65.9 Å². The van der Waals surface area contributed by atoms with Crippen molar-refractivity contribution in [3.63, 3.8) is 0 Å². The number of benzene rings is 3. The Labute approximate surface area is 343 Å². The van der Waals surface area contributed by atoms with E-state index in [4.69, 9.17) is 14.2 Å². The molecule has 6 aromatic rings. The number of alkyl halides is 1. The molecule has 265 valence electrons. The van der Waals surface area contributed by atoms with Crippen LogP contribution < -0.4 is 21.6 Å². The summed E-state index contributed by atoms with van der Waals surface area (Å²) >= 11 is 0. The van der Waals surface area contributed by atoms with Gasteiger partial charge in [-0.05, 0) is 67.6 Å². The molecule has 0 spiro atoms. The normalized spacial score (nSPS) is 11.2. The number of rotatable bonds is 12. The number of hydrogen-bond acceptors (Lipinski definition) is 8. The fourth-order valence-corrected chi connectivity index (χ4v) is 5.65. The number of ether oxygens (including phenoxy) is 1. The van der Waals surface area contributed by atoms with Crippen molar-refractivity contribution >= 4 is 51.4 Å². The van der Waals surface area contributed by atoms with Gasteiger partial charge in [-0.25, -0.2) is 19.2 Å². The fraction of sp³-hybridized carbons (Fsp3) is 0.282. The number of nitrogens with one attached hydrogen (secondary N) is 2. The van der Waals surface area contributed by atoms with Gasteiger partial charge in [0, 0.05) is 87.6 Å².